The fourth-order valence-electron chi connectivity index (χ4n) is 5.44. The third-order valence-electron chi connectivity index (χ3n) is 7.05. The van der Waals surface area contributed by atoms with Crippen molar-refractivity contribution in [2.24, 2.45) is 5.92 Å². The van der Waals surface area contributed by atoms with Crippen LogP contribution in [0.1, 0.15) is 49.1 Å². The Morgan fingerprint density at radius 2 is 1.56 bits per heavy atom. The Kier molecular flexibility index (Phi) is 6.26. The van der Waals surface area contributed by atoms with Crippen molar-refractivity contribution in [2.75, 3.05) is 14.1 Å². The van der Waals surface area contributed by atoms with Crippen LogP contribution in [0.25, 0.3) is 0 Å². The van der Waals surface area contributed by atoms with Crippen molar-refractivity contribution in [1.82, 2.24) is 0 Å². The molecule has 0 saturated carbocycles. The summed E-state index contributed by atoms with van der Waals surface area (Å²) in [5.41, 5.74) is 1.59. The number of quaternary nitrogens is 1. The summed E-state index contributed by atoms with van der Waals surface area (Å²) in [6, 6.07) is 16.1. The van der Waals surface area contributed by atoms with Gasteiger partial charge in [-0.15, -0.1) is 0 Å². The zero-order chi connectivity index (χ0) is 18.3. The highest BCUT2D eigenvalue weighted by Crippen LogP contribution is 2.46. The van der Waals surface area contributed by atoms with Crippen LogP contribution in [0, 0.1) is 17.6 Å². The van der Waals surface area contributed by atoms with Crippen LogP contribution in [0.2, 0.25) is 0 Å². The minimum atomic E-state index is -0.745. The van der Waals surface area contributed by atoms with Gasteiger partial charge < -0.3 is 28.5 Å². The summed E-state index contributed by atoms with van der Waals surface area (Å²) >= 11 is 0. The molecule has 0 aliphatic carbocycles. The maximum absolute atomic E-state index is 14.6. The van der Waals surface area contributed by atoms with E-state index in [1.807, 2.05) is 30.3 Å². The van der Waals surface area contributed by atoms with Crippen LogP contribution in [0.15, 0.2) is 48.5 Å². The van der Waals surface area contributed by atoms with E-state index in [1.54, 1.807) is 12.1 Å². The molecule has 27 heavy (non-hydrogen) atoms. The van der Waals surface area contributed by atoms with Gasteiger partial charge in [-0.05, 0) is 29.5 Å². The van der Waals surface area contributed by atoms with Crippen molar-refractivity contribution in [1.29, 1.82) is 0 Å². The number of benzene rings is 2. The van der Waals surface area contributed by atoms with Gasteiger partial charge in [0.05, 0.1) is 26.2 Å². The Morgan fingerprint density at radius 3 is 2.19 bits per heavy atom. The van der Waals surface area contributed by atoms with Gasteiger partial charge in [-0.2, -0.15) is 0 Å². The topological polar surface area (TPSA) is 0 Å². The number of hydrogen-bond donors (Lipinski definition) is 0. The molecule has 1 nitrogen and oxygen atoms in total. The molecule has 146 valence electrons. The second-order valence-corrected chi connectivity index (χ2v) is 8.69. The SMILES string of the molecule is C[N+]1(C)[C@H]2CC[C@H]1CC(CC(c1ccccc1)c1cccc(F)c1F)C2.[I-]. The van der Waals surface area contributed by atoms with Crippen LogP contribution in [0.5, 0.6) is 0 Å². The monoisotopic (exact) mass is 483 g/mol. The van der Waals surface area contributed by atoms with Gasteiger partial charge in [-0.1, -0.05) is 42.5 Å². The first kappa shape index (κ1) is 20.7. The van der Waals surface area contributed by atoms with Crippen molar-refractivity contribution < 1.29 is 37.2 Å². The first-order valence-corrected chi connectivity index (χ1v) is 9.79. The van der Waals surface area contributed by atoms with Crippen molar-refractivity contribution in [3.8, 4) is 0 Å². The molecule has 0 aromatic heterocycles. The van der Waals surface area contributed by atoms with Crippen LogP contribution in [-0.2, 0) is 0 Å². The van der Waals surface area contributed by atoms with E-state index in [0.29, 0.717) is 23.6 Å². The second kappa shape index (κ2) is 8.16. The molecule has 2 aromatic carbocycles. The summed E-state index contributed by atoms with van der Waals surface area (Å²) in [4.78, 5) is 0. The molecule has 2 bridgehead atoms. The highest BCUT2D eigenvalue weighted by molar-refractivity contribution is 5.34. The fraction of sp³-hybridized carbons (Fsp3) is 0.478. The van der Waals surface area contributed by atoms with Crippen molar-refractivity contribution >= 4 is 0 Å². The van der Waals surface area contributed by atoms with E-state index >= 15 is 0 Å². The summed E-state index contributed by atoms with van der Waals surface area (Å²) in [5.74, 6) is -0.933. The van der Waals surface area contributed by atoms with Crippen molar-refractivity contribution in [3.05, 3.63) is 71.3 Å². The molecule has 0 spiro atoms. The highest BCUT2D eigenvalue weighted by atomic mass is 127. The molecule has 0 radical (unpaired) electrons. The summed E-state index contributed by atoms with van der Waals surface area (Å²) in [7, 11) is 4.72. The lowest BCUT2D eigenvalue weighted by molar-refractivity contribution is -0.931. The molecule has 0 N–H and O–H groups in total. The van der Waals surface area contributed by atoms with Crippen LogP contribution in [0.4, 0.5) is 8.78 Å². The number of hydrogen-bond acceptors (Lipinski definition) is 0. The summed E-state index contributed by atoms with van der Waals surface area (Å²) < 4.78 is 29.6. The third kappa shape index (κ3) is 3.93. The lowest BCUT2D eigenvalue weighted by Gasteiger charge is -2.45. The maximum Gasteiger partial charge on any atom is 0.162 e. The second-order valence-electron chi connectivity index (χ2n) is 8.69. The van der Waals surface area contributed by atoms with Gasteiger partial charge in [0.2, 0.25) is 0 Å². The molecule has 1 unspecified atom stereocenters. The molecule has 0 amide bonds. The predicted molar refractivity (Wildman–Crippen MR) is 101 cm³/mol. The number of halogens is 3. The third-order valence-corrected chi connectivity index (χ3v) is 7.05. The standard InChI is InChI=1S/C23H28F2N.HI/c1-26(2)18-11-12-19(26)14-16(13-18)15-21(17-7-4-3-5-8-17)20-9-6-10-22(24)23(20)25;/h3-10,16,18-19,21H,11-15H2,1-2H3;1H/q+1;/p-1/t18-,19-,21?;/m0./s1. The van der Waals surface area contributed by atoms with Gasteiger partial charge in [0, 0.05) is 31.6 Å². The number of piperidine rings is 1. The number of nitrogens with zero attached hydrogens (tertiary/aromatic N) is 1. The summed E-state index contributed by atoms with van der Waals surface area (Å²) in [6.07, 6.45) is 5.90. The molecule has 2 aliphatic heterocycles. The zero-order valence-electron chi connectivity index (χ0n) is 16.0. The Bertz CT molecular complexity index is 761. The average molecular weight is 483 g/mol. The molecule has 2 heterocycles. The van der Waals surface area contributed by atoms with Crippen LogP contribution >= 0.6 is 0 Å². The van der Waals surface area contributed by atoms with Gasteiger partial charge >= 0.3 is 0 Å². The van der Waals surface area contributed by atoms with Crippen molar-refractivity contribution in [2.45, 2.75) is 50.1 Å². The maximum atomic E-state index is 14.6. The molecule has 2 aromatic rings. The minimum Gasteiger partial charge on any atom is -1.00 e. The Labute approximate surface area is 178 Å². The first-order valence-electron chi connectivity index (χ1n) is 9.79. The molecule has 4 heteroatoms. The normalized spacial score (nSPS) is 27.0. The molecule has 2 aliphatic rings. The molecular weight excluding hydrogens is 455 g/mol. The Balaban J connectivity index is 0.00000210. The first-order chi connectivity index (χ1) is 12.5. The van der Waals surface area contributed by atoms with E-state index in [0.717, 1.165) is 16.5 Å². The average Bonchev–Trinajstić information content (AvgIpc) is 2.80. The van der Waals surface area contributed by atoms with Gasteiger partial charge in [0.15, 0.2) is 11.6 Å². The van der Waals surface area contributed by atoms with E-state index in [-0.39, 0.29) is 29.9 Å². The molecule has 4 rings (SSSR count). The lowest BCUT2D eigenvalue weighted by Crippen LogP contribution is -3.00. The summed E-state index contributed by atoms with van der Waals surface area (Å²) in [5, 5.41) is 0. The molecule has 2 fully saturated rings. The van der Waals surface area contributed by atoms with E-state index in [1.165, 1.54) is 31.7 Å². The van der Waals surface area contributed by atoms with Crippen molar-refractivity contribution in [3.63, 3.8) is 0 Å². The number of fused-ring (bicyclic) bond motifs is 2. The van der Waals surface area contributed by atoms with Gasteiger partial charge in [0.1, 0.15) is 0 Å². The molecular formula is C23H28F2IN. The Morgan fingerprint density at radius 1 is 0.926 bits per heavy atom. The van der Waals surface area contributed by atoms with Gasteiger partial charge in [0.25, 0.3) is 0 Å². The van der Waals surface area contributed by atoms with Gasteiger partial charge in [-0.3, -0.25) is 0 Å². The zero-order valence-corrected chi connectivity index (χ0v) is 18.2. The van der Waals surface area contributed by atoms with E-state index in [2.05, 4.69) is 14.1 Å². The highest BCUT2D eigenvalue weighted by Gasteiger charge is 2.49. The van der Waals surface area contributed by atoms with E-state index < -0.39 is 11.6 Å². The predicted octanol–water partition coefficient (Wildman–Crippen LogP) is 2.51. The number of rotatable bonds is 4. The van der Waals surface area contributed by atoms with Crippen LogP contribution in [-0.4, -0.2) is 30.7 Å². The largest absolute Gasteiger partial charge is 1.00 e. The smallest absolute Gasteiger partial charge is 0.162 e. The minimum absolute atomic E-state index is 0. The van der Waals surface area contributed by atoms with E-state index in [4.69, 9.17) is 0 Å². The Hall–Kier alpha value is -1.01. The quantitative estimate of drug-likeness (QED) is 0.464. The van der Waals surface area contributed by atoms with Crippen LogP contribution < -0.4 is 24.0 Å². The summed E-state index contributed by atoms with van der Waals surface area (Å²) in [6.45, 7) is 0. The molecule has 3 atom stereocenters. The lowest BCUT2D eigenvalue weighted by atomic mass is 9.78. The molecule has 2 saturated heterocycles. The van der Waals surface area contributed by atoms with Crippen LogP contribution in [0.3, 0.4) is 0 Å². The fourth-order valence-corrected chi connectivity index (χ4v) is 5.44. The van der Waals surface area contributed by atoms with E-state index in [9.17, 15) is 8.78 Å². The van der Waals surface area contributed by atoms with Gasteiger partial charge in [-0.25, -0.2) is 8.78 Å².